The molecule has 9 aliphatic carbocycles. The predicted octanol–water partition coefficient (Wildman–Crippen LogP) is 7.92. The van der Waals surface area contributed by atoms with Crippen molar-refractivity contribution in [2.75, 3.05) is 79.3 Å². The predicted molar refractivity (Wildman–Crippen MR) is 453 cm³/mol. The van der Waals surface area contributed by atoms with E-state index in [0.29, 0.717) is 87.3 Å². The summed E-state index contributed by atoms with van der Waals surface area (Å²) in [6.45, 7) is 12.8. The Morgan fingerprint density at radius 1 is 0.278 bits per heavy atom. The molecule has 0 amide bonds. The Balaban J connectivity index is 0.000000329. The number of carboxylic acids is 6. The molecule has 9 saturated carbocycles. The normalized spacial score (nSPS) is 24.7. The number of carbonyl (C=O) groups excluding carboxylic acids is 9. The van der Waals surface area contributed by atoms with Gasteiger partial charge in [-0.05, 0) is 253 Å². The van der Waals surface area contributed by atoms with Crippen LogP contribution in [0.4, 0.5) is 0 Å². The highest BCUT2D eigenvalue weighted by Gasteiger charge is 2.59. The number of hydrogen-bond donors (Lipinski definition) is 9. The summed E-state index contributed by atoms with van der Waals surface area (Å²) < 4.78 is 55.7. The van der Waals surface area contributed by atoms with Crippen molar-refractivity contribution in [1.82, 2.24) is 0 Å². The lowest BCUT2D eigenvalue weighted by Crippen LogP contribution is -2.28. The van der Waals surface area contributed by atoms with Gasteiger partial charge in [0.1, 0.15) is 33.0 Å². The van der Waals surface area contributed by atoms with Crippen LogP contribution < -0.4 is 22.5 Å². The van der Waals surface area contributed by atoms with E-state index in [4.69, 9.17) is 43.0 Å². The van der Waals surface area contributed by atoms with Crippen molar-refractivity contribution >= 4 is 111 Å². The molecule has 708 valence electrons. The second-order valence-electron chi connectivity index (χ2n) is 35.4. The van der Waals surface area contributed by atoms with Crippen LogP contribution in [-0.4, -0.2) is 215 Å². The van der Waals surface area contributed by atoms with Gasteiger partial charge in [0, 0.05) is 29.9 Å². The quantitative estimate of drug-likeness (QED) is 0.00817. The minimum atomic E-state index is -1.69. The average Bonchev–Trinajstić information content (AvgIpc) is 1.60. The summed E-state index contributed by atoms with van der Waals surface area (Å²) in [5.74, 6) is -14.3. The molecule has 9 N–H and O–H groups in total. The Hall–Kier alpha value is -13.7. The third kappa shape index (κ3) is 21.6. The molecule has 0 aliphatic heterocycles. The molecule has 18 atom stereocenters. The van der Waals surface area contributed by atoms with Crippen LogP contribution in [0.25, 0.3) is 21.5 Å². The lowest BCUT2D eigenvalue weighted by molar-refractivity contribution is -0.140. The van der Waals surface area contributed by atoms with Gasteiger partial charge in [-0.15, -0.1) is 0 Å². The topological polar surface area (TPSA) is 616 Å². The largest absolute Gasteiger partial charge is 0.478 e. The van der Waals surface area contributed by atoms with E-state index in [1.165, 1.54) is 39.5 Å². The molecule has 39 heteroatoms. The van der Waals surface area contributed by atoms with Gasteiger partial charge in [-0.25, -0.2) is 91.1 Å². The minimum Gasteiger partial charge on any atom is -0.478 e. The van der Waals surface area contributed by atoms with Gasteiger partial charge in [-0.1, -0.05) is 19.7 Å². The van der Waals surface area contributed by atoms with Gasteiger partial charge in [-0.3, -0.25) is 0 Å². The van der Waals surface area contributed by atoms with Gasteiger partial charge in [0.15, 0.2) is 0 Å². The highest BCUT2D eigenvalue weighted by molar-refractivity contribution is 6.13. The fraction of sp³-hybridized carbons (Fsp3) is 0.479. The molecule has 6 bridgehead atoms. The summed E-state index contributed by atoms with van der Waals surface area (Å²) in [4.78, 5) is 233. The summed E-state index contributed by atoms with van der Waals surface area (Å²) in [5, 5.41) is 86.4. The first-order valence-corrected chi connectivity index (χ1v) is 43.1. The molecular weight excluding hydrogens is 1750 g/mol. The van der Waals surface area contributed by atoms with Crippen molar-refractivity contribution in [2.45, 2.75) is 97.8 Å². The van der Waals surface area contributed by atoms with Gasteiger partial charge >= 0.3 is 112 Å². The van der Waals surface area contributed by atoms with E-state index in [9.17, 15) is 132 Å². The standard InChI is InChI=1S/C66H66O28.C12H20O2.C10H2O6.C6H10O3/c1-27(2)59(79)87-5-7-89-61(81)47-20-49(43(55(71)72)17-41(47)53(67)68)63(83)91-23-29-9-35-32-14-34(38(16-32)39(35)11-29)26-94-66(86)52-22-50(44(56(73)74)19-46(52)58(77)78)64(84)92-24-30-10-36-31-13-33(37(15-31)40(36)12-30)25-93-65(85)51-21-48(42(54(69)70)18-45(51)57(75)76)62(82)90-8-6-88-60(80)28(3)4;13-5-7-1-10-8-3-9(6-14)11(4-8)12(10)2-7;11-7-3-1-4-6(10(14)16-8(4)12)2-5(3)9(13)15-7;1-5(2)6(8)9-4-3-7/h17-22,29-40H,1,3,5-16,23-26H2,2,4H3,(H,67,68)(H,69,70)(H,71,72)(H,73,74)(H,75,76)(H,77,78);7-14H,1-6H2;1-2H;7H,1,3-4H2,2H3. The lowest BCUT2D eigenvalue weighted by atomic mass is 9.76. The fourth-order valence-electron chi connectivity index (χ4n) is 21.8. The molecule has 18 unspecified atom stereocenters. The number of aromatic carboxylic acids is 6. The zero-order chi connectivity index (χ0) is 96.7. The molecule has 15 rings (SSSR count). The molecule has 2 aromatic heterocycles. The van der Waals surface area contributed by atoms with Gasteiger partial charge < -0.3 is 97.4 Å². The molecule has 133 heavy (non-hydrogen) atoms. The van der Waals surface area contributed by atoms with Crippen LogP contribution in [0, 0.1) is 107 Å². The highest BCUT2D eigenvalue weighted by Crippen LogP contribution is 2.65. The third-order valence-corrected chi connectivity index (χ3v) is 27.4. The second-order valence-corrected chi connectivity index (χ2v) is 35.4. The van der Waals surface area contributed by atoms with Crippen LogP contribution in [0.1, 0.15) is 222 Å². The van der Waals surface area contributed by atoms with E-state index >= 15 is 0 Å². The van der Waals surface area contributed by atoms with Crippen molar-refractivity contribution in [2.24, 2.45) is 107 Å². The number of benzene rings is 4. The molecule has 9 aliphatic rings. The molecule has 6 aromatic rings. The van der Waals surface area contributed by atoms with Crippen LogP contribution in [0.15, 0.2) is 113 Å². The van der Waals surface area contributed by atoms with Crippen LogP contribution in [-0.2, 0) is 57.0 Å². The van der Waals surface area contributed by atoms with Gasteiger partial charge in [-0.2, -0.15) is 0 Å². The Morgan fingerprint density at radius 3 is 0.797 bits per heavy atom. The average molecular weight is 1850 g/mol. The van der Waals surface area contributed by atoms with E-state index in [1.54, 1.807) is 6.92 Å². The number of aliphatic hydroxyl groups excluding tert-OH is 3. The Bertz CT molecular complexity index is 5800. The van der Waals surface area contributed by atoms with Gasteiger partial charge in [0.05, 0.1) is 121 Å². The van der Waals surface area contributed by atoms with Crippen molar-refractivity contribution in [3.8, 4) is 0 Å². The summed E-state index contributed by atoms with van der Waals surface area (Å²) in [6.07, 6.45) is 10.4. The van der Waals surface area contributed by atoms with Crippen molar-refractivity contribution in [3.63, 3.8) is 0 Å². The smallest absolute Gasteiger partial charge is 0.346 e. The SMILES string of the molecule is C=C(C)C(=O)OCCO.C=C(C)C(=O)OCCOC(=O)c1cc(C(=O)OCC2CC3C4CC(COC(=O)c5cc(C(=O)OCC6CC7C8CC(COC(=O)c9cc(C(=O)OCCOC(=O)C(=C)C)c(C(=O)O)cc9C(=O)O)C(C8)C7C6)c(C(=O)O)cc5C(=O)O)C(C4)C3C2)c(C(=O)O)cc1C(=O)O.O=c1oc(=O)c2cc3c(=O)oc(=O)c3cc12.OCC1CC2C3CC(CO)C(C3)C2C1. The Morgan fingerprint density at radius 2 is 0.519 bits per heavy atom. The highest BCUT2D eigenvalue weighted by atomic mass is 16.6. The Labute approximate surface area is 754 Å². The van der Waals surface area contributed by atoms with Crippen LogP contribution in [0.3, 0.4) is 0 Å². The first kappa shape index (κ1) is 98.3. The zero-order valence-electron chi connectivity index (χ0n) is 72.4. The van der Waals surface area contributed by atoms with Crippen molar-refractivity contribution < 1.29 is 169 Å². The van der Waals surface area contributed by atoms with E-state index in [-0.39, 0.29) is 143 Å². The maximum absolute atomic E-state index is 13.9. The van der Waals surface area contributed by atoms with E-state index in [2.05, 4.69) is 33.3 Å². The number of aliphatic hydroxyl groups is 3. The number of furan rings is 2. The summed E-state index contributed by atoms with van der Waals surface area (Å²) in [5.41, 5.74) is -11.0. The Kier molecular flexibility index (Phi) is 30.9. The molecule has 0 spiro atoms. The fourth-order valence-corrected chi connectivity index (χ4v) is 21.8. The number of carbonyl (C=O) groups is 15. The zero-order valence-corrected chi connectivity index (χ0v) is 72.4. The molecule has 39 nitrogen and oxygen atoms in total. The molecule has 4 aromatic carbocycles. The maximum Gasteiger partial charge on any atom is 0.346 e. The van der Waals surface area contributed by atoms with Crippen LogP contribution in [0.2, 0.25) is 0 Å². The van der Waals surface area contributed by atoms with E-state index in [1.807, 2.05) is 0 Å². The number of hydrogen-bond acceptors (Lipinski definition) is 33. The summed E-state index contributed by atoms with van der Waals surface area (Å²) >= 11 is 0. The monoisotopic (exact) mass is 1850 g/mol. The van der Waals surface area contributed by atoms with E-state index < -0.39 is 205 Å². The number of fused-ring (bicyclic) bond motifs is 17. The third-order valence-electron chi connectivity index (χ3n) is 27.4. The van der Waals surface area contributed by atoms with Crippen LogP contribution in [0.5, 0.6) is 0 Å². The van der Waals surface area contributed by atoms with Gasteiger partial charge in [0.2, 0.25) is 0 Å². The lowest BCUT2D eigenvalue weighted by Gasteiger charge is -2.31. The minimum absolute atomic E-state index is 0.0181. The van der Waals surface area contributed by atoms with Gasteiger partial charge in [0.25, 0.3) is 0 Å². The first-order chi connectivity index (χ1) is 63.1. The number of esters is 9. The second kappa shape index (κ2) is 41.8. The number of carboxylic acid groups (broad SMARTS) is 6. The maximum atomic E-state index is 13.9. The molecule has 0 saturated heterocycles. The number of rotatable bonds is 33. The van der Waals surface area contributed by atoms with E-state index in [0.717, 1.165) is 66.8 Å². The summed E-state index contributed by atoms with van der Waals surface area (Å²) in [6, 6.07) is 6.64. The molecule has 0 radical (unpaired) electrons. The summed E-state index contributed by atoms with van der Waals surface area (Å²) in [7, 11) is 0. The van der Waals surface area contributed by atoms with Crippen LogP contribution >= 0.6 is 0 Å². The van der Waals surface area contributed by atoms with Crippen molar-refractivity contribution in [3.05, 3.63) is 193 Å². The number of ether oxygens (including phenoxy) is 9. The molecule has 9 fully saturated rings. The molecule has 2 heterocycles. The van der Waals surface area contributed by atoms with Crippen molar-refractivity contribution in [1.29, 1.82) is 0 Å². The first-order valence-electron chi connectivity index (χ1n) is 43.1. The molecular formula is C94H98O39.